The van der Waals surface area contributed by atoms with E-state index in [1.807, 2.05) is 12.1 Å². The maximum Gasteiger partial charge on any atom is 0.241 e. The van der Waals surface area contributed by atoms with E-state index in [0.717, 1.165) is 12.8 Å². The molecule has 0 radical (unpaired) electrons. The highest BCUT2D eigenvalue weighted by Gasteiger charge is 2.44. The molecular weight excluding hydrogens is 262 g/mol. The summed E-state index contributed by atoms with van der Waals surface area (Å²) < 4.78 is 26.9. The van der Waals surface area contributed by atoms with Crippen molar-refractivity contribution in [3.05, 3.63) is 29.8 Å². The average Bonchev–Trinajstić information content (AvgIpc) is 3.23. The molecule has 1 N–H and O–H groups in total. The topological polar surface area (TPSA) is 93.8 Å². The lowest BCUT2D eigenvalue weighted by Gasteiger charge is -2.22. The lowest BCUT2D eigenvalue weighted by molar-refractivity contribution is 0.458. The fourth-order valence-electron chi connectivity index (χ4n) is 1.90. The fourth-order valence-corrected chi connectivity index (χ4v) is 3.29. The summed E-state index contributed by atoms with van der Waals surface area (Å²) in [5, 5.41) is 17.8. The van der Waals surface area contributed by atoms with Crippen LogP contribution in [0.5, 0.6) is 0 Å². The van der Waals surface area contributed by atoms with E-state index < -0.39 is 15.6 Å². The number of nitrogens with zero attached hydrogens (tertiary/aromatic N) is 2. The molecule has 1 aliphatic carbocycles. The van der Waals surface area contributed by atoms with Crippen LogP contribution in [0.25, 0.3) is 0 Å². The van der Waals surface area contributed by atoms with E-state index in [2.05, 4.69) is 4.72 Å². The van der Waals surface area contributed by atoms with Gasteiger partial charge < -0.3 is 0 Å². The van der Waals surface area contributed by atoms with Gasteiger partial charge >= 0.3 is 0 Å². The number of hydrogen-bond acceptors (Lipinski definition) is 4. The molecule has 19 heavy (non-hydrogen) atoms. The van der Waals surface area contributed by atoms with E-state index in [0.29, 0.717) is 5.56 Å². The highest BCUT2D eigenvalue weighted by Crippen LogP contribution is 2.39. The minimum atomic E-state index is -3.74. The molecule has 6 heteroatoms. The van der Waals surface area contributed by atoms with Crippen LogP contribution >= 0.6 is 0 Å². The molecule has 0 heterocycles. The Morgan fingerprint density at radius 2 is 1.84 bits per heavy atom. The van der Waals surface area contributed by atoms with Crippen molar-refractivity contribution < 1.29 is 8.42 Å². The van der Waals surface area contributed by atoms with Crippen molar-refractivity contribution in [2.24, 2.45) is 5.92 Å². The largest absolute Gasteiger partial charge is 0.241 e. The number of hydrogen-bond donors (Lipinski definition) is 1. The molecular formula is C13H13N3O2S. The molecule has 0 spiro atoms. The summed E-state index contributed by atoms with van der Waals surface area (Å²) in [6.45, 7) is 1.60. The third-order valence-electron chi connectivity index (χ3n) is 3.27. The molecule has 1 aromatic carbocycles. The summed E-state index contributed by atoms with van der Waals surface area (Å²) in [5.41, 5.74) is -0.670. The van der Waals surface area contributed by atoms with Crippen LogP contribution < -0.4 is 4.72 Å². The lowest BCUT2D eigenvalue weighted by Crippen LogP contribution is -2.46. The Kier molecular flexibility index (Phi) is 3.32. The second kappa shape index (κ2) is 4.65. The predicted molar refractivity (Wildman–Crippen MR) is 68.2 cm³/mol. The Morgan fingerprint density at radius 3 is 2.26 bits per heavy atom. The molecule has 98 valence electrons. The maximum absolute atomic E-state index is 12.2. The highest BCUT2D eigenvalue weighted by atomic mass is 32.2. The molecule has 1 atom stereocenters. The van der Waals surface area contributed by atoms with Crippen LogP contribution in [0.3, 0.4) is 0 Å². The zero-order valence-corrected chi connectivity index (χ0v) is 11.2. The van der Waals surface area contributed by atoms with Crippen LogP contribution in [0.1, 0.15) is 25.3 Å². The smallest absolute Gasteiger partial charge is 0.207 e. The first-order valence-electron chi connectivity index (χ1n) is 5.87. The van der Waals surface area contributed by atoms with Crippen molar-refractivity contribution in [3.8, 4) is 12.1 Å². The van der Waals surface area contributed by atoms with Crippen LogP contribution in [0, 0.1) is 28.6 Å². The van der Waals surface area contributed by atoms with E-state index in [4.69, 9.17) is 10.5 Å². The number of rotatable bonds is 4. The number of sulfonamides is 1. The first-order valence-corrected chi connectivity index (χ1v) is 7.35. The van der Waals surface area contributed by atoms with E-state index in [9.17, 15) is 8.42 Å². The van der Waals surface area contributed by atoms with E-state index in [-0.39, 0.29) is 10.8 Å². The second-order valence-electron chi connectivity index (χ2n) is 4.83. The van der Waals surface area contributed by atoms with E-state index in [1.54, 1.807) is 6.92 Å². The first kappa shape index (κ1) is 13.5. The summed E-state index contributed by atoms with van der Waals surface area (Å²) in [7, 11) is -3.74. The van der Waals surface area contributed by atoms with Crippen LogP contribution in [-0.4, -0.2) is 14.0 Å². The van der Waals surface area contributed by atoms with Crippen molar-refractivity contribution in [1.29, 1.82) is 10.5 Å². The van der Waals surface area contributed by atoms with Crippen molar-refractivity contribution in [2.75, 3.05) is 0 Å². The molecule has 1 aromatic rings. The van der Waals surface area contributed by atoms with E-state index >= 15 is 0 Å². The maximum atomic E-state index is 12.2. The molecule has 0 aromatic heterocycles. The van der Waals surface area contributed by atoms with Crippen LogP contribution in [-0.2, 0) is 10.0 Å². The van der Waals surface area contributed by atoms with Crippen LogP contribution in [0.15, 0.2) is 29.2 Å². The minimum absolute atomic E-state index is 0.0635. The number of benzene rings is 1. The molecule has 1 aliphatic rings. The van der Waals surface area contributed by atoms with Gasteiger partial charge in [-0.1, -0.05) is 0 Å². The number of nitriles is 2. The molecule has 0 saturated heterocycles. The standard InChI is InChI=1S/C13H13N3O2S/c1-13(9-15,11-4-5-11)16-19(17,18)12-6-2-10(8-14)3-7-12/h2-3,6-7,11,16H,4-5H2,1H3/t13-/m0/s1. The van der Waals surface area contributed by atoms with Gasteiger partial charge in [0.2, 0.25) is 10.0 Å². The van der Waals surface area contributed by atoms with Crippen molar-refractivity contribution >= 4 is 10.0 Å². The summed E-state index contributed by atoms with van der Waals surface area (Å²) in [6.07, 6.45) is 1.72. The Labute approximate surface area is 112 Å². The van der Waals surface area contributed by atoms with Gasteiger partial charge in [0, 0.05) is 0 Å². The Bertz CT molecular complexity index is 663. The predicted octanol–water partition coefficient (Wildman–Crippen LogP) is 1.53. The Balaban J connectivity index is 2.27. The lowest BCUT2D eigenvalue weighted by atomic mass is 10.0. The molecule has 5 nitrogen and oxygen atoms in total. The van der Waals surface area contributed by atoms with Crippen molar-refractivity contribution in [3.63, 3.8) is 0 Å². The van der Waals surface area contributed by atoms with Gasteiger partial charge in [0.25, 0.3) is 0 Å². The third kappa shape index (κ3) is 2.76. The fraction of sp³-hybridized carbons (Fsp3) is 0.385. The zero-order valence-electron chi connectivity index (χ0n) is 10.4. The molecule has 2 rings (SSSR count). The normalized spacial score (nSPS) is 18.1. The molecule has 0 unspecified atom stereocenters. The van der Waals surface area contributed by atoms with Gasteiger partial charge in [-0.05, 0) is 49.9 Å². The molecule has 1 fully saturated rings. The monoisotopic (exact) mass is 275 g/mol. The Hall–Kier alpha value is -1.89. The minimum Gasteiger partial charge on any atom is -0.207 e. The SMILES string of the molecule is C[C@@](C#N)(NS(=O)(=O)c1ccc(C#N)cc1)C1CC1. The molecule has 0 bridgehead atoms. The molecule has 0 aliphatic heterocycles. The quantitative estimate of drug-likeness (QED) is 0.901. The van der Waals surface area contributed by atoms with Gasteiger partial charge in [-0.15, -0.1) is 0 Å². The van der Waals surface area contributed by atoms with Gasteiger partial charge in [0.1, 0.15) is 5.54 Å². The van der Waals surface area contributed by atoms with Crippen molar-refractivity contribution in [1.82, 2.24) is 4.72 Å². The van der Waals surface area contributed by atoms with Crippen LogP contribution in [0.2, 0.25) is 0 Å². The molecule has 1 saturated carbocycles. The summed E-state index contributed by atoms with van der Waals surface area (Å²) in [4.78, 5) is 0.0635. The summed E-state index contributed by atoms with van der Waals surface area (Å²) in [5.74, 6) is 0.0747. The van der Waals surface area contributed by atoms with Crippen molar-refractivity contribution in [2.45, 2.75) is 30.2 Å². The first-order chi connectivity index (χ1) is 8.91. The van der Waals surface area contributed by atoms with Gasteiger partial charge in [-0.25, -0.2) is 8.42 Å². The zero-order chi connectivity index (χ0) is 14.1. The van der Waals surface area contributed by atoms with Gasteiger partial charge in [-0.2, -0.15) is 15.2 Å². The molecule has 0 amide bonds. The number of nitrogens with one attached hydrogen (secondary N) is 1. The summed E-state index contributed by atoms with van der Waals surface area (Å²) in [6, 6.07) is 9.58. The van der Waals surface area contributed by atoms with Crippen LogP contribution in [0.4, 0.5) is 0 Å². The van der Waals surface area contributed by atoms with Gasteiger partial charge in [0.15, 0.2) is 0 Å². The average molecular weight is 275 g/mol. The van der Waals surface area contributed by atoms with E-state index in [1.165, 1.54) is 24.3 Å². The van der Waals surface area contributed by atoms with Gasteiger partial charge in [0.05, 0.1) is 22.6 Å². The second-order valence-corrected chi connectivity index (χ2v) is 6.51. The Morgan fingerprint density at radius 1 is 1.26 bits per heavy atom. The van der Waals surface area contributed by atoms with Gasteiger partial charge in [-0.3, -0.25) is 0 Å². The summed E-state index contributed by atoms with van der Waals surface area (Å²) >= 11 is 0. The third-order valence-corrected chi connectivity index (χ3v) is 4.85. The highest BCUT2D eigenvalue weighted by molar-refractivity contribution is 7.89.